The Bertz CT molecular complexity index is 384. The van der Waals surface area contributed by atoms with Crippen molar-refractivity contribution in [3.63, 3.8) is 0 Å². The van der Waals surface area contributed by atoms with E-state index < -0.39 is 18.1 Å². The predicted molar refractivity (Wildman–Crippen MR) is 58.5 cm³/mol. The van der Waals surface area contributed by atoms with Crippen molar-refractivity contribution in [3.8, 4) is 0 Å². The van der Waals surface area contributed by atoms with Gasteiger partial charge in [-0.2, -0.15) is 13.2 Å². The summed E-state index contributed by atoms with van der Waals surface area (Å²) in [6.45, 7) is 3.47. The van der Waals surface area contributed by atoms with Crippen LogP contribution in [0.3, 0.4) is 0 Å². The third kappa shape index (κ3) is 4.46. The van der Waals surface area contributed by atoms with Crippen molar-refractivity contribution >= 4 is 5.91 Å². The number of alkyl halides is 3. The van der Waals surface area contributed by atoms with Gasteiger partial charge >= 0.3 is 12.1 Å². The van der Waals surface area contributed by atoms with Crippen LogP contribution in [-0.4, -0.2) is 18.1 Å². The van der Waals surface area contributed by atoms with Crippen LogP contribution < -0.4 is 5.32 Å². The molecule has 0 saturated carbocycles. The molecule has 0 spiro atoms. The second-order valence-corrected chi connectivity index (χ2v) is 4.06. The lowest BCUT2D eigenvalue weighted by molar-refractivity contribution is -0.174. The van der Waals surface area contributed by atoms with Gasteiger partial charge < -0.3 is 5.32 Å². The van der Waals surface area contributed by atoms with E-state index in [0.29, 0.717) is 6.42 Å². The molecule has 1 aromatic rings. The van der Waals surface area contributed by atoms with Gasteiger partial charge in [-0.25, -0.2) is 0 Å². The maximum absolute atomic E-state index is 12.0. The summed E-state index contributed by atoms with van der Waals surface area (Å²) in [6, 6.07) is 6.89. The molecule has 5 heteroatoms. The normalized spacial score (nSPS) is 13.2. The smallest absolute Gasteiger partial charge is 0.345 e. The molecule has 17 heavy (non-hydrogen) atoms. The van der Waals surface area contributed by atoms with E-state index in [-0.39, 0.29) is 0 Å². The van der Waals surface area contributed by atoms with E-state index >= 15 is 0 Å². The van der Waals surface area contributed by atoms with Crippen LogP contribution in [0.4, 0.5) is 13.2 Å². The molecular formula is C12H14F3NO. The first-order chi connectivity index (χ1) is 7.79. The molecule has 0 radical (unpaired) electrons. The lowest BCUT2D eigenvalue weighted by Gasteiger charge is -2.15. The van der Waals surface area contributed by atoms with Gasteiger partial charge in [-0.3, -0.25) is 4.79 Å². The molecule has 0 aliphatic carbocycles. The molecule has 1 unspecified atom stereocenters. The Kier molecular flexibility index (Phi) is 4.15. The standard InChI is InChI=1S/C12H14F3NO/c1-8-3-5-10(6-4-8)7-9(2)16-11(17)12(13,14)15/h3-6,9H,7H2,1-2H3,(H,16,17). The van der Waals surface area contributed by atoms with E-state index in [2.05, 4.69) is 0 Å². The highest BCUT2D eigenvalue weighted by Crippen LogP contribution is 2.15. The second kappa shape index (κ2) is 5.21. The fourth-order valence-corrected chi connectivity index (χ4v) is 1.43. The van der Waals surface area contributed by atoms with Crippen LogP contribution in [0.2, 0.25) is 0 Å². The Hall–Kier alpha value is -1.52. The van der Waals surface area contributed by atoms with Crippen LogP contribution >= 0.6 is 0 Å². The minimum absolute atomic E-state index is 0.377. The van der Waals surface area contributed by atoms with Crippen molar-refractivity contribution in [1.82, 2.24) is 5.32 Å². The fraction of sp³-hybridized carbons (Fsp3) is 0.417. The summed E-state index contributed by atoms with van der Waals surface area (Å²) in [7, 11) is 0. The maximum atomic E-state index is 12.0. The van der Waals surface area contributed by atoms with E-state index in [4.69, 9.17) is 0 Å². The summed E-state index contributed by atoms with van der Waals surface area (Å²) in [6.07, 6.45) is -4.44. The number of rotatable bonds is 3. The quantitative estimate of drug-likeness (QED) is 0.871. The number of benzene rings is 1. The van der Waals surface area contributed by atoms with Crippen LogP contribution in [-0.2, 0) is 11.2 Å². The van der Waals surface area contributed by atoms with Crippen LogP contribution in [0.25, 0.3) is 0 Å². The van der Waals surface area contributed by atoms with Crippen molar-refractivity contribution in [2.24, 2.45) is 0 Å². The molecule has 0 aromatic heterocycles. The third-order valence-corrected chi connectivity index (χ3v) is 2.30. The molecule has 94 valence electrons. The fourth-order valence-electron chi connectivity index (χ4n) is 1.43. The number of hydrogen-bond donors (Lipinski definition) is 1. The van der Waals surface area contributed by atoms with Crippen LogP contribution in [0.5, 0.6) is 0 Å². The predicted octanol–water partition coefficient (Wildman–Crippen LogP) is 2.60. The van der Waals surface area contributed by atoms with E-state index in [9.17, 15) is 18.0 Å². The SMILES string of the molecule is Cc1ccc(CC(C)NC(=O)C(F)(F)F)cc1. The van der Waals surface area contributed by atoms with Gasteiger partial charge in [0.25, 0.3) is 0 Å². The second-order valence-electron chi connectivity index (χ2n) is 4.06. The number of amides is 1. The first-order valence-electron chi connectivity index (χ1n) is 5.22. The van der Waals surface area contributed by atoms with E-state index in [1.807, 2.05) is 36.5 Å². The van der Waals surface area contributed by atoms with E-state index in [0.717, 1.165) is 11.1 Å². The largest absolute Gasteiger partial charge is 0.471 e. The van der Waals surface area contributed by atoms with Gasteiger partial charge in [0, 0.05) is 6.04 Å². The number of halogens is 3. The minimum atomic E-state index is -4.82. The number of hydrogen-bond acceptors (Lipinski definition) is 1. The molecule has 1 atom stereocenters. The average Bonchev–Trinajstić information content (AvgIpc) is 2.20. The Labute approximate surface area is 97.8 Å². The Morgan fingerprint density at radius 3 is 2.29 bits per heavy atom. The number of carbonyl (C=O) groups excluding carboxylic acids is 1. The molecule has 0 fully saturated rings. The Morgan fingerprint density at radius 1 is 1.29 bits per heavy atom. The number of nitrogens with one attached hydrogen (secondary N) is 1. The summed E-state index contributed by atoms with van der Waals surface area (Å²) in [5, 5.41) is 1.92. The zero-order valence-corrected chi connectivity index (χ0v) is 9.64. The molecule has 2 nitrogen and oxygen atoms in total. The monoisotopic (exact) mass is 245 g/mol. The maximum Gasteiger partial charge on any atom is 0.471 e. The molecule has 0 bridgehead atoms. The summed E-state index contributed by atoms with van der Waals surface area (Å²) < 4.78 is 36.0. The molecule has 0 heterocycles. The zero-order chi connectivity index (χ0) is 13.1. The van der Waals surface area contributed by atoms with Gasteiger partial charge in [0.05, 0.1) is 0 Å². The van der Waals surface area contributed by atoms with Crippen molar-refractivity contribution in [1.29, 1.82) is 0 Å². The molecule has 1 N–H and O–H groups in total. The third-order valence-electron chi connectivity index (χ3n) is 2.30. The van der Waals surface area contributed by atoms with Crippen LogP contribution in [0, 0.1) is 6.92 Å². The first-order valence-corrected chi connectivity index (χ1v) is 5.22. The highest BCUT2D eigenvalue weighted by atomic mass is 19.4. The van der Waals surface area contributed by atoms with Gasteiger partial charge in [-0.1, -0.05) is 29.8 Å². The van der Waals surface area contributed by atoms with Crippen molar-refractivity contribution in [2.45, 2.75) is 32.5 Å². The van der Waals surface area contributed by atoms with Crippen molar-refractivity contribution < 1.29 is 18.0 Å². The van der Waals surface area contributed by atoms with E-state index in [1.165, 1.54) is 0 Å². The zero-order valence-electron chi connectivity index (χ0n) is 9.64. The summed E-state index contributed by atoms with van der Waals surface area (Å²) in [4.78, 5) is 10.7. The molecule has 1 amide bonds. The van der Waals surface area contributed by atoms with Crippen LogP contribution in [0.1, 0.15) is 18.1 Å². The highest BCUT2D eigenvalue weighted by molar-refractivity contribution is 5.81. The van der Waals surface area contributed by atoms with Gasteiger partial charge in [0.1, 0.15) is 0 Å². The number of carbonyl (C=O) groups is 1. The topological polar surface area (TPSA) is 29.1 Å². The lowest BCUT2D eigenvalue weighted by Crippen LogP contribution is -2.42. The first kappa shape index (κ1) is 13.5. The minimum Gasteiger partial charge on any atom is -0.345 e. The highest BCUT2D eigenvalue weighted by Gasteiger charge is 2.39. The lowest BCUT2D eigenvalue weighted by atomic mass is 10.1. The molecule has 1 rings (SSSR count). The summed E-state index contributed by atoms with van der Waals surface area (Å²) in [5.41, 5.74) is 1.98. The van der Waals surface area contributed by atoms with Gasteiger partial charge in [-0.15, -0.1) is 0 Å². The van der Waals surface area contributed by atoms with Gasteiger partial charge in [0.2, 0.25) is 0 Å². The molecule has 1 aromatic carbocycles. The number of aryl methyl sites for hydroxylation is 1. The Balaban J connectivity index is 2.53. The molecule has 0 saturated heterocycles. The van der Waals surface area contributed by atoms with E-state index in [1.54, 1.807) is 6.92 Å². The molecular weight excluding hydrogens is 231 g/mol. The van der Waals surface area contributed by atoms with Crippen molar-refractivity contribution in [2.75, 3.05) is 0 Å². The van der Waals surface area contributed by atoms with Gasteiger partial charge in [-0.05, 0) is 25.8 Å². The Morgan fingerprint density at radius 2 is 1.82 bits per heavy atom. The van der Waals surface area contributed by atoms with Crippen molar-refractivity contribution in [3.05, 3.63) is 35.4 Å². The van der Waals surface area contributed by atoms with Gasteiger partial charge in [0.15, 0.2) is 0 Å². The summed E-state index contributed by atoms with van der Waals surface area (Å²) in [5.74, 6) is -1.89. The average molecular weight is 245 g/mol. The van der Waals surface area contributed by atoms with Crippen LogP contribution in [0.15, 0.2) is 24.3 Å². The molecule has 0 aliphatic rings. The molecule has 0 aliphatic heterocycles. The summed E-state index contributed by atoms with van der Waals surface area (Å²) >= 11 is 0.